The number of nitrogens with zero attached hydrogens (tertiary/aromatic N) is 2. The molecule has 4 aromatic rings. The first-order chi connectivity index (χ1) is 15.1. The Kier molecular flexibility index (Phi) is 6.14. The SMILES string of the molecule is COc1ccc(-c2nc(-c3cccc(OCC(=O)Nc4cccc(Cl)c4)c3)no2)cc1. The first-order valence-corrected chi connectivity index (χ1v) is 9.75. The zero-order valence-electron chi connectivity index (χ0n) is 16.5. The highest BCUT2D eigenvalue weighted by Crippen LogP contribution is 2.26. The molecule has 4 rings (SSSR count). The van der Waals surface area contributed by atoms with Gasteiger partial charge in [-0.25, -0.2) is 0 Å². The van der Waals surface area contributed by atoms with Crippen LogP contribution in [-0.4, -0.2) is 29.8 Å². The van der Waals surface area contributed by atoms with E-state index in [1.807, 2.05) is 30.3 Å². The zero-order chi connectivity index (χ0) is 21.6. The third kappa shape index (κ3) is 5.21. The molecule has 1 heterocycles. The van der Waals surface area contributed by atoms with Gasteiger partial charge in [-0.05, 0) is 54.6 Å². The van der Waals surface area contributed by atoms with Crippen LogP contribution in [0.5, 0.6) is 11.5 Å². The lowest BCUT2D eigenvalue weighted by Crippen LogP contribution is -2.20. The Balaban J connectivity index is 1.41. The monoisotopic (exact) mass is 435 g/mol. The van der Waals surface area contributed by atoms with Gasteiger partial charge in [0.2, 0.25) is 5.82 Å². The van der Waals surface area contributed by atoms with Crippen LogP contribution in [0.4, 0.5) is 5.69 Å². The molecule has 8 heteroatoms. The summed E-state index contributed by atoms with van der Waals surface area (Å²) in [5.41, 5.74) is 2.09. The summed E-state index contributed by atoms with van der Waals surface area (Å²) in [5, 5.41) is 7.32. The topological polar surface area (TPSA) is 86.5 Å². The number of methoxy groups -OCH3 is 1. The molecule has 0 saturated heterocycles. The number of carbonyl (C=O) groups excluding carboxylic acids is 1. The molecule has 0 aliphatic heterocycles. The number of hydrogen-bond donors (Lipinski definition) is 1. The minimum absolute atomic E-state index is 0.153. The molecular formula is C23H18ClN3O4. The van der Waals surface area contributed by atoms with Crippen LogP contribution >= 0.6 is 11.6 Å². The summed E-state index contributed by atoms with van der Waals surface area (Å²) in [4.78, 5) is 16.6. The number of hydrogen-bond acceptors (Lipinski definition) is 6. The van der Waals surface area contributed by atoms with Gasteiger partial charge in [0, 0.05) is 21.8 Å². The Hall–Kier alpha value is -3.84. The molecule has 0 radical (unpaired) electrons. The van der Waals surface area contributed by atoms with E-state index in [1.165, 1.54) is 0 Å². The van der Waals surface area contributed by atoms with E-state index >= 15 is 0 Å². The van der Waals surface area contributed by atoms with Crippen molar-refractivity contribution in [3.8, 4) is 34.3 Å². The van der Waals surface area contributed by atoms with Gasteiger partial charge in [0.15, 0.2) is 6.61 Å². The average Bonchev–Trinajstić information content (AvgIpc) is 3.28. The molecule has 0 atom stereocenters. The van der Waals surface area contributed by atoms with Crippen molar-refractivity contribution < 1.29 is 18.8 Å². The number of nitrogens with one attached hydrogen (secondary N) is 1. The summed E-state index contributed by atoms with van der Waals surface area (Å²) in [6.07, 6.45) is 0. The van der Waals surface area contributed by atoms with E-state index in [0.29, 0.717) is 33.7 Å². The highest BCUT2D eigenvalue weighted by atomic mass is 35.5. The normalized spacial score (nSPS) is 10.5. The van der Waals surface area contributed by atoms with E-state index in [-0.39, 0.29) is 12.5 Å². The molecule has 3 aromatic carbocycles. The minimum atomic E-state index is -0.297. The van der Waals surface area contributed by atoms with E-state index in [2.05, 4.69) is 15.5 Å². The lowest BCUT2D eigenvalue weighted by atomic mass is 10.2. The number of ether oxygens (including phenoxy) is 2. The Bertz CT molecular complexity index is 1190. The summed E-state index contributed by atoms with van der Waals surface area (Å²) in [5.74, 6) is 1.76. The third-order valence-electron chi connectivity index (χ3n) is 4.33. The molecular weight excluding hydrogens is 418 g/mol. The maximum Gasteiger partial charge on any atom is 0.262 e. The molecule has 0 saturated carbocycles. The molecule has 7 nitrogen and oxygen atoms in total. The highest BCUT2D eigenvalue weighted by molar-refractivity contribution is 6.30. The van der Waals surface area contributed by atoms with Crippen molar-refractivity contribution in [1.29, 1.82) is 0 Å². The van der Waals surface area contributed by atoms with Crippen LogP contribution in [0, 0.1) is 0 Å². The predicted octanol–water partition coefficient (Wildman–Crippen LogP) is 5.08. The molecule has 0 unspecified atom stereocenters. The number of rotatable bonds is 7. The molecule has 0 aliphatic rings. The van der Waals surface area contributed by atoms with E-state index in [1.54, 1.807) is 49.6 Å². The largest absolute Gasteiger partial charge is 0.497 e. The van der Waals surface area contributed by atoms with Crippen molar-refractivity contribution in [2.24, 2.45) is 0 Å². The fourth-order valence-corrected chi connectivity index (χ4v) is 3.02. The quantitative estimate of drug-likeness (QED) is 0.435. The van der Waals surface area contributed by atoms with Gasteiger partial charge >= 0.3 is 0 Å². The standard InChI is InChI=1S/C23H18ClN3O4/c1-29-19-10-8-15(9-11-19)23-26-22(27-31-23)16-4-2-7-20(12-16)30-14-21(28)25-18-6-3-5-17(24)13-18/h2-13H,14H2,1H3,(H,25,28). The molecule has 0 aliphatic carbocycles. The second-order valence-electron chi connectivity index (χ2n) is 6.53. The maximum absolute atomic E-state index is 12.1. The van der Waals surface area contributed by atoms with E-state index in [0.717, 1.165) is 11.3 Å². The van der Waals surface area contributed by atoms with Crippen molar-refractivity contribution in [2.75, 3.05) is 19.0 Å². The summed E-state index contributed by atoms with van der Waals surface area (Å²) in [6, 6.07) is 21.4. The average molecular weight is 436 g/mol. The van der Waals surface area contributed by atoms with Gasteiger partial charge in [-0.2, -0.15) is 4.98 Å². The van der Waals surface area contributed by atoms with Gasteiger partial charge in [0.05, 0.1) is 7.11 Å². The van der Waals surface area contributed by atoms with Crippen LogP contribution in [0.15, 0.2) is 77.3 Å². The molecule has 1 N–H and O–H groups in total. The molecule has 1 amide bonds. The first-order valence-electron chi connectivity index (χ1n) is 9.37. The zero-order valence-corrected chi connectivity index (χ0v) is 17.3. The summed E-state index contributed by atoms with van der Waals surface area (Å²) < 4.78 is 16.1. The van der Waals surface area contributed by atoms with Gasteiger partial charge < -0.3 is 19.3 Å². The third-order valence-corrected chi connectivity index (χ3v) is 4.57. The van der Waals surface area contributed by atoms with Crippen LogP contribution in [-0.2, 0) is 4.79 Å². The minimum Gasteiger partial charge on any atom is -0.497 e. The number of carbonyl (C=O) groups is 1. The van der Waals surface area contributed by atoms with Gasteiger partial charge in [0.25, 0.3) is 11.8 Å². The lowest BCUT2D eigenvalue weighted by Gasteiger charge is -2.08. The fourth-order valence-electron chi connectivity index (χ4n) is 2.83. The Labute approximate surface area is 183 Å². The smallest absolute Gasteiger partial charge is 0.262 e. The van der Waals surface area contributed by atoms with Crippen LogP contribution < -0.4 is 14.8 Å². The predicted molar refractivity (Wildman–Crippen MR) is 117 cm³/mol. The second kappa shape index (κ2) is 9.32. The summed E-state index contributed by atoms with van der Waals surface area (Å²) in [7, 11) is 1.61. The number of anilines is 1. The van der Waals surface area contributed by atoms with Crippen molar-refractivity contribution in [1.82, 2.24) is 10.1 Å². The number of benzene rings is 3. The lowest BCUT2D eigenvalue weighted by molar-refractivity contribution is -0.118. The van der Waals surface area contributed by atoms with Crippen molar-refractivity contribution >= 4 is 23.2 Å². The van der Waals surface area contributed by atoms with Gasteiger partial charge in [-0.3, -0.25) is 4.79 Å². The molecule has 31 heavy (non-hydrogen) atoms. The van der Waals surface area contributed by atoms with E-state index in [9.17, 15) is 4.79 Å². The van der Waals surface area contributed by atoms with E-state index < -0.39 is 0 Å². The molecule has 0 bridgehead atoms. The van der Waals surface area contributed by atoms with Crippen molar-refractivity contribution in [2.45, 2.75) is 0 Å². The molecule has 0 spiro atoms. The van der Waals surface area contributed by atoms with Gasteiger partial charge in [0.1, 0.15) is 11.5 Å². The van der Waals surface area contributed by atoms with Gasteiger partial charge in [-0.1, -0.05) is 35.0 Å². The van der Waals surface area contributed by atoms with E-state index in [4.69, 9.17) is 25.6 Å². The summed E-state index contributed by atoms with van der Waals surface area (Å²) in [6.45, 7) is -0.153. The van der Waals surface area contributed by atoms with Crippen molar-refractivity contribution in [3.05, 3.63) is 77.8 Å². The number of halogens is 1. The van der Waals surface area contributed by atoms with Crippen LogP contribution in [0.25, 0.3) is 22.8 Å². The fraction of sp³-hybridized carbons (Fsp3) is 0.0870. The Morgan fingerprint density at radius 1 is 1.00 bits per heavy atom. The Morgan fingerprint density at radius 3 is 2.58 bits per heavy atom. The number of aromatic nitrogens is 2. The summed E-state index contributed by atoms with van der Waals surface area (Å²) >= 11 is 5.92. The van der Waals surface area contributed by atoms with Crippen LogP contribution in [0.3, 0.4) is 0 Å². The van der Waals surface area contributed by atoms with Crippen molar-refractivity contribution in [3.63, 3.8) is 0 Å². The molecule has 1 aromatic heterocycles. The second-order valence-corrected chi connectivity index (χ2v) is 6.96. The van der Waals surface area contributed by atoms with Crippen LogP contribution in [0.2, 0.25) is 5.02 Å². The first kappa shape index (κ1) is 20.4. The molecule has 156 valence electrons. The number of amides is 1. The van der Waals surface area contributed by atoms with Gasteiger partial charge in [-0.15, -0.1) is 0 Å². The van der Waals surface area contributed by atoms with Crippen LogP contribution in [0.1, 0.15) is 0 Å². The molecule has 0 fully saturated rings. The highest BCUT2D eigenvalue weighted by Gasteiger charge is 2.12. The maximum atomic E-state index is 12.1. The Morgan fingerprint density at radius 2 is 1.81 bits per heavy atom.